The average Bonchev–Trinajstić information content (AvgIpc) is 3.13. The lowest BCUT2D eigenvalue weighted by Gasteiger charge is -2.07. The second-order valence-electron chi connectivity index (χ2n) is 5.37. The fourth-order valence-corrected chi connectivity index (χ4v) is 3.22. The molecule has 2 heterocycles. The Labute approximate surface area is 152 Å². The van der Waals surface area contributed by atoms with Crippen LogP contribution in [0.25, 0.3) is 10.9 Å². The number of rotatable bonds is 4. The first-order valence-corrected chi connectivity index (χ1v) is 8.78. The van der Waals surface area contributed by atoms with Gasteiger partial charge in [0.25, 0.3) is 5.56 Å². The summed E-state index contributed by atoms with van der Waals surface area (Å²) >= 11 is 7.45. The number of ether oxygens (including phenoxy) is 1. The van der Waals surface area contributed by atoms with E-state index in [1.54, 1.807) is 53.8 Å². The molecule has 0 aliphatic heterocycles. The highest BCUT2D eigenvalue weighted by Gasteiger charge is 2.09. The Morgan fingerprint density at radius 2 is 1.88 bits per heavy atom. The van der Waals surface area contributed by atoms with Gasteiger partial charge in [-0.25, -0.2) is 4.68 Å². The number of benzene rings is 2. The smallest absolute Gasteiger partial charge is 0.278 e. The van der Waals surface area contributed by atoms with Crippen molar-refractivity contribution in [2.75, 3.05) is 0 Å². The third-order valence-electron chi connectivity index (χ3n) is 3.63. The van der Waals surface area contributed by atoms with Crippen LogP contribution in [-0.2, 0) is 6.54 Å². The molecule has 0 atom stereocenters. The molecule has 2 aromatic heterocycles. The summed E-state index contributed by atoms with van der Waals surface area (Å²) in [4.78, 5) is 13.7. The van der Waals surface area contributed by atoms with Crippen molar-refractivity contribution in [3.8, 4) is 11.5 Å². The van der Waals surface area contributed by atoms with E-state index in [4.69, 9.17) is 16.3 Å². The van der Waals surface area contributed by atoms with E-state index < -0.39 is 0 Å². The van der Waals surface area contributed by atoms with E-state index in [1.165, 1.54) is 4.68 Å². The number of aromatic nitrogens is 3. The van der Waals surface area contributed by atoms with Gasteiger partial charge in [-0.3, -0.25) is 4.79 Å². The Morgan fingerprint density at radius 3 is 2.64 bits per heavy atom. The predicted octanol–water partition coefficient (Wildman–Crippen LogP) is 4.35. The Morgan fingerprint density at radius 1 is 1.08 bits per heavy atom. The first-order valence-electron chi connectivity index (χ1n) is 7.52. The number of hydrogen-bond acceptors (Lipinski definition) is 5. The number of hydrogen-bond donors (Lipinski definition) is 0. The maximum atomic E-state index is 12.7. The van der Waals surface area contributed by atoms with E-state index in [-0.39, 0.29) is 5.56 Å². The van der Waals surface area contributed by atoms with Crippen LogP contribution in [0.5, 0.6) is 11.5 Å². The van der Waals surface area contributed by atoms with Gasteiger partial charge < -0.3 is 4.74 Å². The molecule has 0 fully saturated rings. The molecular formula is C18H12ClN3O2S. The van der Waals surface area contributed by atoms with E-state index in [9.17, 15) is 4.79 Å². The first-order chi connectivity index (χ1) is 12.2. The molecular weight excluding hydrogens is 358 g/mol. The molecule has 0 radical (unpaired) electrons. The third kappa shape index (κ3) is 3.40. The number of thiophene rings is 1. The van der Waals surface area contributed by atoms with Crippen LogP contribution in [0.1, 0.15) is 4.88 Å². The summed E-state index contributed by atoms with van der Waals surface area (Å²) in [6.45, 7) is 0.404. The van der Waals surface area contributed by atoms with Crippen molar-refractivity contribution in [3.05, 3.63) is 80.2 Å². The fraction of sp³-hybridized carbons (Fsp3) is 0.0556. The second-order valence-corrected chi connectivity index (χ2v) is 6.84. The molecule has 4 rings (SSSR count). The normalized spacial score (nSPS) is 10.9. The van der Waals surface area contributed by atoms with Gasteiger partial charge in [-0.1, -0.05) is 22.9 Å². The summed E-state index contributed by atoms with van der Waals surface area (Å²) in [5.74, 6) is 1.20. The van der Waals surface area contributed by atoms with E-state index in [0.717, 1.165) is 4.88 Å². The minimum atomic E-state index is -0.194. The van der Waals surface area contributed by atoms with Crippen LogP contribution < -0.4 is 10.3 Å². The number of nitrogens with zero attached hydrogens (tertiary/aromatic N) is 3. The van der Waals surface area contributed by atoms with Gasteiger partial charge >= 0.3 is 0 Å². The highest BCUT2D eigenvalue weighted by atomic mass is 35.5. The lowest BCUT2D eigenvalue weighted by Crippen LogP contribution is -2.24. The van der Waals surface area contributed by atoms with Crippen molar-refractivity contribution in [1.29, 1.82) is 0 Å². The number of fused-ring (bicyclic) bond motifs is 1. The Bertz CT molecular complexity index is 1080. The molecule has 0 saturated carbocycles. The standard InChI is InChI=1S/C18H12ClN3O2S/c19-12-3-5-13(6-4-12)24-14-7-8-17-16(10-14)18(23)22(21-20-17)11-15-2-1-9-25-15/h1-10H,11H2. The van der Waals surface area contributed by atoms with Crippen molar-refractivity contribution in [3.63, 3.8) is 0 Å². The highest BCUT2D eigenvalue weighted by molar-refractivity contribution is 7.09. The summed E-state index contributed by atoms with van der Waals surface area (Å²) in [6.07, 6.45) is 0. The maximum absolute atomic E-state index is 12.7. The molecule has 0 unspecified atom stereocenters. The van der Waals surface area contributed by atoms with Crippen molar-refractivity contribution in [1.82, 2.24) is 15.0 Å². The molecule has 7 heteroatoms. The molecule has 0 spiro atoms. The summed E-state index contributed by atoms with van der Waals surface area (Å²) < 4.78 is 7.15. The maximum Gasteiger partial charge on any atom is 0.278 e. The molecule has 4 aromatic rings. The highest BCUT2D eigenvalue weighted by Crippen LogP contribution is 2.24. The Hall–Kier alpha value is -2.70. The lowest BCUT2D eigenvalue weighted by molar-refractivity contribution is 0.483. The van der Waals surface area contributed by atoms with Crippen LogP contribution in [0.3, 0.4) is 0 Å². The predicted molar refractivity (Wildman–Crippen MR) is 98.7 cm³/mol. The molecule has 124 valence electrons. The molecule has 0 bridgehead atoms. The largest absolute Gasteiger partial charge is 0.457 e. The van der Waals surface area contributed by atoms with Crippen molar-refractivity contribution < 1.29 is 4.74 Å². The van der Waals surface area contributed by atoms with Crippen LogP contribution in [0.4, 0.5) is 0 Å². The van der Waals surface area contributed by atoms with E-state index in [2.05, 4.69) is 10.3 Å². The van der Waals surface area contributed by atoms with Gasteiger partial charge in [0.15, 0.2) is 0 Å². The van der Waals surface area contributed by atoms with Gasteiger partial charge in [-0.05, 0) is 53.9 Å². The van der Waals surface area contributed by atoms with Crippen LogP contribution in [0.15, 0.2) is 64.8 Å². The van der Waals surface area contributed by atoms with Gasteiger partial charge in [0.1, 0.15) is 17.0 Å². The molecule has 0 N–H and O–H groups in total. The molecule has 0 aliphatic rings. The van der Waals surface area contributed by atoms with Crippen molar-refractivity contribution in [2.45, 2.75) is 6.54 Å². The minimum Gasteiger partial charge on any atom is -0.457 e. The van der Waals surface area contributed by atoms with Gasteiger partial charge in [-0.15, -0.1) is 16.4 Å². The number of halogens is 1. The monoisotopic (exact) mass is 369 g/mol. The molecule has 2 aromatic carbocycles. The van der Waals surface area contributed by atoms with E-state index >= 15 is 0 Å². The van der Waals surface area contributed by atoms with Gasteiger partial charge in [-0.2, -0.15) is 0 Å². The zero-order valence-electron chi connectivity index (χ0n) is 12.9. The van der Waals surface area contributed by atoms with Crippen LogP contribution in [0.2, 0.25) is 5.02 Å². The summed E-state index contributed by atoms with van der Waals surface area (Å²) in [5, 5.41) is 11.2. The van der Waals surface area contributed by atoms with Crippen LogP contribution in [-0.4, -0.2) is 15.0 Å². The quantitative estimate of drug-likeness (QED) is 0.536. The molecule has 0 aliphatic carbocycles. The van der Waals surface area contributed by atoms with E-state index in [1.807, 2.05) is 17.5 Å². The minimum absolute atomic E-state index is 0.194. The Balaban J connectivity index is 1.69. The molecule has 0 saturated heterocycles. The SMILES string of the molecule is O=c1c2cc(Oc3ccc(Cl)cc3)ccc2nnn1Cc1cccs1. The van der Waals surface area contributed by atoms with Gasteiger partial charge in [0.2, 0.25) is 0 Å². The third-order valence-corrected chi connectivity index (χ3v) is 4.74. The molecule has 0 amide bonds. The summed E-state index contributed by atoms with van der Waals surface area (Å²) in [7, 11) is 0. The van der Waals surface area contributed by atoms with Gasteiger partial charge in [0, 0.05) is 9.90 Å². The average molecular weight is 370 g/mol. The van der Waals surface area contributed by atoms with Crippen LogP contribution >= 0.6 is 22.9 Å². The Kier molecular flexibility index (Phi) is 4.21. The fourth-order valence-electron chi connectivity index (χ4n) is 2.41. The second kappa shape index (κ2) is 6.66. The molecule has 5 nitrogen and oxygen atoms in total. The summed E-state index contributed by atoms with van der Waals surface area (Å²) in [6, 6.07) is 16.1. The molecule has 25 heavy (non-hydrogen) atoms. The van der Waals surface area contributed by atoms with Crippen LogP contribution in [0, 0.1) is 0 Å². The lowest BCUT2D eigenvalue weighted by atomic mass is 10.2. The van der Waals surface area contributed by atoms with E-state index in [0.29, 0.717) is 34.0 Å². The summed E-state index contributed by atoms with van der Waals surface area (Å²) in [5.41, 5.74) is 0.343. The topological polar surface area (TPSA) is 57.0 Å². The van der Waals surface area contributed by atoms with Crippen molar-refractivity contribution in [2.24, 2.45) is 0 Å². The van der Waals surface area contributed by atoms with Gasteiger partial charge in [0.05, 0.1) is 11.9 Å². The zero-order valence-corrected chi connectivity index (χ0v) is 14.5. The first kappa shape index (κ1) is 15.8. The van der Waals surface area contributed by atoms with Crippen molar-refractivity contribution >= 4 is 33.8 Å². The zero-order chi connectivity index (χ0) is 17.2.